The maximum Gasteiger partial charge on any atom is 0.225 e. The molecule has 2 heterocycles. The summed E-state index contributed by atoms with van der Waals surface area (Å²) in [5.41, 5.74) is 7.25. The molecule has 5 nitrogen and oxygen atoms in total. The first kappa shape index (κ1) is 12.6. The molecule has 0 radical (unpaired) electrons. The molecule has 0 spiro atoms. The standard InChI is InChI=1S/C15H16N4O/c16-8-1-2-13(20)18-12-6-5-10-3-4-11-7-9-17-14(11)15(10)19-12/h3-7,9,19H,1-2,8,16H2,(H,18,20). The third-order valence-electron chi connectivity index (χ3n) is 3.27. The van der Waals surface area contributed by atoms with Crippen LogP contribution < -0.4 is 11.1 Å². The van der Waals surface area contributed by atoms with Crippen LogP contribution in [0.15, 0.2) is 36.5 Å². The van der Waals surface area contributed by atoms with Crippen LogP contribution in [-0.2, 0) is 4.79 Å². The van der Waals surface area contributed by atoms with Crippen LogP contribution in [0.25, 0.3) is 21.8 Å². The number of pyridine rings is 1. The monoisotopic (exact) mass is 268 g/mol. The first-order valence-electron chi connectivity index (χ1n) is 6.64. The van der Waals surface area contributed by atoms with Crippen LogP contribution in [0, 0.1) is 0 Å². The molecule has 0 fully saturated rings. The first-order valence-corrected chi connectivity index (χ1v) is 6.64. The number of anilines is 1. The topological polar surface area (TPSA) is 83.8 Å². The Labute approximate surface area is 116 Å². The van der Waals surface area contributed by atoms with Crippen molar-refractivity contribution in [3.8, 4) is 0 Å². The highest BCUT2D eigenvalue weighted by Crippen LogP contribution is 2.23. The summed E-state index contributed by atoms with van der Waals surface area (Å²) in [4.78, 5) is 19.3. The second-order valence-corrected chi connectivity index (χ2v) is 4.72. The SMILES string of the molecule is NCCCC(=O)Nc1ccc2ccc3ccnc3c2[nH]1. The van der Waals surface area contributed by atoms with E-state index in [0.29, 0.717) is 25.2 Å². The van der Waals surface area contributed by atoms with Gasteiger partial charge >= 0.3 is 0 Å². The number of rotatable bonds is 4. The highest BCUT2D eigenvalue weighted by molar-refractivity contribution is 6.04. The number of nitrogens with zero attached hydrogens (tertiary/aromatic N) is 1. The van der Waals surface area contributed by atoms with Gasteiger partial charge in [-0.15, -0.1) is 0 Å². The van der Waals surface area contributed by atoms with Crippen LogP contribution in [0.2, 0.25) is 0 Å². The van der Waals surface area contributed by atoms with E-state index in [4.69, 9.17) is 5.73 Å². The molecule has 4 N–H and O–H groups in total. The van der Waals surface area contributed by atoms with Gasteiger partial charge in [0, 0.05) is 23.4 Å². The minimum absolute atomic E-state index is 0.0336. The van der Waals surface area contributed by atoms with E-state index in [1.807, 2.05) is 30.3 Å². The van der Waals surface area contributed by atoms with Gasteiger partial charge in [0.05, 0.1) is 11.0 Å². The van der Waals surface area contributed by atoms with E-state index in [-0.39, 0.29) is 5.91 Å². The third kappa shape index (κ3) is 2.35. The summed E-state index contributed by atoms with van der Waals surface area (Å²) < 4.78 is 0. The van der Waals surface area contributed by atoms with Gasteiger partial charge in [0.15, 0.2) is 0 Å². The Morgan fingerprint density at radius 2 is 2.00 bits per heavy atom. The number of H-pyrrole nitrogens is 1. The maximum atomic E-state index is 11.7. The van der Waals surface area contributed by atoms with Crippen LogP contribution in [-0.4, -0.2) is 22.4 Å². The molecule has 5 heteroatoms. The van der Waals surface area contributed by atoms with E-state index in [1.54, 1.807) is 6.20 Å². The van der Waals surface area contributed by atoms with Crippen molar-refractivity contribution >= 4 is 33.5 Å². The van der Waals surface area contributed by atoms with Crippen molar-refractivity contribution in [3.63, 3.8) is 0 Å². The molecule has 2 aromatic heterocycles. The quantitative estimate of drug-likeness (QED) is 0.679. The van der Waals surface area contributed by atoms with E-state index in [2.05, 4.69) is 15.3 Å². The lowest BCUT2D eigenvalue weighted by Gasteiger charge is -2.07. The van der Waals surface area contributed by atoms with Gasteiger partial charge in [-0.1, -0.05) is 12.1 Å². The minimum Gasteiger partial charge on any atom is -0.339 e. The molecule has 0 unspecified atom stereocenters. The van der Waals surface area contributed by atoms with Crippen LogP contribution in [0.4, 0.5) is 5.82 Å². The molecule has 0 aliphatic rings. The zero-order valence-corrected chi connectivity index (χ0v) is 11.0. The lowest BCUT2D eigenvalue weighted by molar-refractivity contribution is -0.116. The molecule has 0 aliphatic heterocycles. The molecule has 0 bridgehead atoms. The van der Waals surface area contributed by atoms with Gasteiger partial charge < -0.3 is 16.0 Å². The molecule has 0 saturated carbocycles. The largest absolute Gasteiger partial charge is 0.339 e. The number of nitrogens with two attached hydrogens (primary N) is 1. The number of aromatic amines is 1. The number of hydrogen-bond acceptors (Lipinski definition) is 3. The van der Waals surface area contributed by atoms with Gasteiger partial charge in [-0.25, -0.2) is 0 Å². The van der Waals surface area contributed by atoms with E-state index in [0.717, 1.165) is 21.8 Å². The van der Waals surface area contributed by atoms with Gasteiger partial charge in [-0.3, -0.25) is 9.78 Å². The second kappa shape index (κ2) is 5.30. The van der Waals surface area contributed by atoms with Gasteiger partial charge in [0.2, 0.25) is 5.91 Å². The fourth-order valence-corrected chi connectivity index (χ4v) is 2.26. The molecule has 1 amide bonds. The van der Waals surface area contributed by atoms with Crippen LogP contribution >= 0.6 is 0 Å². The lowest BCUT2D eigenvalue weighted by Crippen LogP contribution is -2.14. The average Bonchev–Trinajstić information content (AvgIpc) is 2.94. The molecule has 1 aromatic carbocycles. The second-order valence-electron chi connectivity index (χ2n) is 4.72. The summed E-state index contributed by atoms with van der Waals surface area (Å²) >= 11 is 0. The van der Waals surface area contributed by atoms with Gasteiger partial charge in [0.25, 0.3) is 0 Å². The number of carbonyl (C=O) groups is 1. The molecule has 3 aromatic rings. The normalized spacial score (nSPS) is 11.1. The van der Waals surface area contributed by atoms with Crippen molar-refractivity contribution in [2.75, 3.05) is 11.9 Å². The molecule has 3 rings (SSSR count). The number of hydrogen-bond donors (Lipinski definition) is 3. The Balaban J connectivity index is 1.95. The maximum absolute atomic E-state index is 11.7. The number of fused-ring (bicyclic) bond motifs is 3. The van der Waals surface area contributed by atoms with Crippen molar-refractivity contribution in [1.82, 2.24) is 9.97 Å². The van der Waals surface area contributed by atoms with Crippen molar-refractivity contribution in [3.05, 3.63) is 36.5 Å². The van der Waals surface area contributed by atoms with Crippen molar-refractivity contribution < 1.29 is 4.79 Å². The fraction of sp³-hybridized carbons (Fsp3) is 0.200. The summed E-state index contributed by atoms with van der Waals surface area (Å²) in [6.07, 6.45) is 2.90. The summed E-state index contributed by atoms with van der Waals surface area (Å²) in [5.74, 6) is 0.642. The molecular weight excluding hydrogens is 252 g/mol. The molecule has 0 aliphatic carbocycles. The molecule has 102 valence electrons. The summed E-state index contributed by atoms with van der Waals surface area (Å²) in [7, 11) is 0. The molecule has 0 atom stereocenters. The number of aromatic nitrogens is 2. The molecule has 0 saturated heterocycles. The van der Waals surface area contributed by atoms with Crippen molar-refractivity contribution in [2.45, 2.75) is 12.8 Å². The fourth-order valence-electron chi connectivity index (χ4n) is 2.26. The Morgan fingerprint density at radius 3 is 2.85 bits per heavy atom. The van der Waals surface area contributed by atoms with Gasteiger partial charge in [0.1, 0.15) is 5.82 Å². The zero-order chi connectivity index (χ0) is 13.9. The lowest BCUT2D eigenvalue weighted by atomic mass is 10.1. The molecular formula is C15H16N4O. The predicted molar refractivity (Wildman–Crippen MR) is 80.5 cm³/mol. The van der Waals surface area contributed by atoms with Crippen molar-refractivity contribution in [1.29, 1.82) is 0 Å². The summed E-state index contributed by atoms with van der Waals surface area (Å²) in [6.45, 7) is 0.521. The number of carbonyl (C=O) groups excluding carboxylic acids is 1. The van der Waals surface area contributed by atoms with Crippen LogP contribution in [0.1, 0.15) is 12.8 Å². The van der Waals surface area contributed by atoms with Crippen LogP contribution in [0.3, 0.4) is 0 Å². The Hall–Kier alpha value is -2.40. The van der Waals surface area contributed by atoms with Crippen molar-refractivity contribution in [2.24, 2.45) is 5.73 Å². The minimum atomic E-state index is -0.0336. The Bertz CT molecular complexity index is 763. The summed E-state index contributed by atoms with van der Waals surface area (Å²) in [6, 6.07) is 9.87. The summed E-state index contributed by atoms with van der Waals surface area (Å²) in [5, 5.41) is 5.00. The van der Waals surface area contributed by atoms with E-state index < -0.39 is 0 Å². The highest BCUT2D eigenvalue weighted by atomic mass is 16.1. The highest BCUT2D eigenvalue weighted by Gasteiger charge is 2.06. The number of amides is 1. The third-order valence-corrected chi connectivity index (χ3v) is 3.27. The number of nitrogens with one attached hydrogen (secondary N) is 2. The molecule has 20 heavy (non-hydrogen) atoms. The first-order chi connectivity index (χ1) is 9.78. The smallest absolute Gasteiger partial charge is 0.225 e. The Kier molecular flexibility index (Phi) is 3.35. The average molecular weight is 268 g/mol. The van der Waals surface area contributed by atoms with E-state index in [1.165, 1.54) is 0 Å². The van der Waals surface area contributed by atoms with E-state index in [9.17, 15) is 4.79 Å². The zero-order valence-electron chi connectivity index (χ0n) is 11.0. The van der Waals surface area contributed by atoms with E-state index >= 15 is 0 Å². The Morgan fingerprint density at radius 1 is 1.20 bits per heavy atom. The van der Waals surface area contributed by atoms with Crippen LogP contribution in [0.5, 0.6) is 0 Å². The number of benzene rings is 1. The van der Waals surface area contributed by atoms with Gasteiger partial charge in [-0.2, -0.15) is 0 Å². The van der Waals surface area contributed by atoms with Gasteiger partial charge in [-0.05, 0) is 31.2 Å². The predicted octanol–water partition coefficient (Wildman–Crippen LogP) is 2.39.